The van der Waals surface area contributed by atoms with Gasteiger partial charge in [-0.1, -0.05) is 262 Å². The minimum absolute atomic E-state index is 0.0679. The van der Waals surface area contributed by atoms with Crippen LogP contribution in [0.3, 0.4) is 0 Å². The van der Waals surface area contributed by atoms with E-state index in [1.54, 1.807) is 0 Å². The molecule has 0 saturated carbocycles. The molecule has 0 aliphatic carbocycles. The lowest BCUT2D eigenvalue weighted by atomic mass is 10.0. The van der Waals surface area contributed by atoms with Crippen LogP contribution in [0.1, 0.15) is 290 Å². The summed E-state index contributed by atoms with van der Waals surface area (Å²) in [5.41, 5.74) is 0. The van der Waals surface area contributed by atoms with E-state index in [0.29, 0.717) is 19.3 Å². The molecular formula is C59H106O6. The van der Waals surface area contributed by atoms with E-state index in [9.17, 15) is 14.4 Å². The first-order chi connectivity index (χ1) is 32.0. The van der Waals surface area contributed by atoms with Crippen LogP contribution in [0.4, 0.5) is 0 Å². The second-order valence-electron chi connectivity index (χ2n) is 18.8. The number of hydrogen-bond donors (Lipinski definition) is 0. The van der Waals surface area contributed by atoms with Gasteiger partial charge in [0.15, 0.2) is 6.10 Å². The van der Waals surface area contributed by atoms with E-state index in [4.69, 9.17) is 14.2 Å². The molecule has 0 heterocycles. The van der Waals surface area contributed by atoms with Crippen molar-refractivity contribution in [1.29, 1.82) is 0 Å². The van der Waals surface area contributed by atoms with Gasteiger partial charge in [-0.2, -0.15) is 0 Å². The predicted molar refractivity (Wildman–Crippen MR) is 279 cm³/mol. The fraction of sp³-hybridized carbons (Fsp3) is 0.814. The lowest BCUT2D eigenvalue weighted by molar-refractivity contribution is -0.167. The van der Waals surface area contributed by atoms with E-state index >= 15 is 0 Å². The van der Waals surface area contributed by atoms with Gasteiger partial charge in [0.1, 0.15) is 13.2 Å². The first kappa shape index (κ1) is 62.4. The standard InChI is InChI=1S/C59H106O6/c1-4-7-10-13-16-17-18-19-20-21-22-23-24-25-26-27-28-29-30-31-32-33-34-35-36-37-38-39-40-41-44-46-49-52-58(61)64-55-56(65-59(62)53-50-47-43-15-12-9-6-3)54-63-57(60)51-48-45-42-14-11-8-5-2/h7,10,16-17,19-20,22-23,56H,4-6,8-9,11-15,18,21,24-55H2,1-3H3/b10-7-,17-16-,20-19-,23-22-. The number of unbranched alkanes of at least 4 members (excludes halogenated alkanes) is 32. The Hall–Kier alpha value is -2.63. The average molecular weight is 911 g/mol. The smallest absolute Gasteiger partial charge is 0.306 e. The van der Waals surface area contributed by atoms with Gasteiger partial charge < -0.3 is 14.2 Å². The molecule has 1 unspecified atom stereocenters. The van der Waals surface area contributed by atoms with Gasteiger partial charge in [0, 0.05) is 19.3 Å². The van der Waals surface area contributed by atoms with Gasteiger partial charge in [-0.05, 0) is 57.8 Å². The first-order valence-electron chi connectivity index (χ1n) is 28.1. The van der Waals surface area contributed by atoms with Crippen LogP contribution >= 0.6 is 0 Å². The Morgan fingerprint density at radius 1 is 0.323 bits per heavy atom. The molecule has 0 spiro atoms. The summed E-state index contributed by atoms with van der Waals surface area (Å²) in [6, 6.07) is 0. The predicted octanol–water partition coefficient (Wildman–Crippen LogP) is 18.7. The Morgan fingerprint density at radius 3 is 0.938 bits per heavy atom. The van der Waals surface area contributed by atoms with Crippen molar-refractivity contribution in [1.82, 2.24) is 0 Å². The van der Waals surface area contributed by atoms with Gasteiger partial charge in [-0.15, -0.1) is 0 Å². The maximum absolute atomic E-state index is 12.6. The van der Waals surface area contributed by atoms with Crippen LogP contribution in [-0.2, 0) is 28.6 Å². The second kappa shape index (κ2) is 54.0. The van der Waals surface area contributed by atoms with E-state index in [1.165, 1.54) is 167 Å². The summed E-state index contributed by atoms with van der Waals surface area (Å²) in [7, 11) is 0. The number of carbonyl (C=O) groups excluding carboxylic acids is 3. The third kappa shape index (κ3) is 52.2. The largest absolute Gasteiger partial charge is 0.462 e. The first-order valence-corrected chi connectivity index (χ1v) is 28.1. The molecular weight excluding hydrogens is 805 g/mol. The van der Waals surface area contributed by atoms with Crippen molar-refractivity contribution in [2.75, 3.05) is 13.2 Å². The lowest BCUT2D eigenvalue weighted by Crippen LogP contribution is -2.30. The van der Waals surface area contributed by atoms with Gasteiger partial charge in [0.05, 0.1) is 0 Å². The molecule has 0 radical (unpaired) electrons. The Balaban J connectivity index is 3.82. The van der Waals surface area contributed by atoms with Crippen molar-refractivity contribution in [2.24, 2.45) is 0 Å². The maximum atomic E-state index is 12.6. The fourth-order valence-electron chi connectivity index (χ4n) is 8.14. The van der Waals surface area contributed by atoms with Crippen LogP contribution in [0.2, 0.25) is 0 Å². The third-order valence-electron chi connectivity index (χ3n) is 12.3. The minimum Gasteiger partial charge on any atom is -0.462 e. The van der Waals surface area contributed by atoms with E-state index in [-0.39, 0.29) is 31.1 Å². The Kier molecular flexibility index (Phi) is 51.8. The molecule has 0 aliphatic rings. The molecule has 0 aromatic carbocycles. The highest BCUT2D eigenvalue weighted by Crippen LogP contribution is 2.17. The minimum atomic E-state index is -0.761. The monoisotopic (exact) mass is 911 g/mol. The Labute approximate surface area is 403 Å². The summed E-state index contributed by atoms with van der Waals surface area (Å²) in [5.74, 6) is -0.871. The topological polar surface area (TPSA) is 78.9 Å². The Bertz CT molecular complexity index is 1140. The van der Waals surface area contributed by atoms with Gasteiger partial charge >= 0.3 is 17.9 Å². The van der Waals surface area contributed by atoms with Crippen molar-refractivity contribution in [2.45, 2.75) is 297 Å². The highest BCUT2D eigenvalue weighted by Gasteiger charge is 2.19. The number of hydrogen-bond acceptors (Lipinski definition) is 6. The van der Waals surface area contributed by atoms with Crippen molar-refractivity contribution in [3.8, 4) is 0 Å². The van der Waals surface area contributed by atoms with Crippen LogP contribution < -0.4 is 0 Å². The van der Waals surface area contributed by atoms with E-state index in [1.807, 2.05) is 0 Å². The fourth-order valence-corrected chi connectivity index (χ4v) is 8.14. The van der Waals surface area contributed by atoms with Crippen molar-refractivity contribution >= 4 is 17.9 Å². The van der Waals surface area contributed by atoms with E-state index in [0.717, 1.165) is 83.5 Å². The van der Waals surface area contributed by atoms with E-state index in [2.05, 4.69) is 69.4 Å². The second-order valence-corrected chi connectivity index (χ2v) is 18.8. The zero-order chi connectivity index (χ0) is 47.2. The van der Waals surface area contributed by atoms with Gasteiger partial charge in [0.25, 0.3) is 0 Å². The molecule has 65 heavy (non-hydrogen) atoms. The van der Waals surface area contributed by atoms with Gasteiger partial charge in [-0.3, -0.25) is 14.4 Å². The van der Waals surface area contributed by atoms with E-state index < -0.39 is 6.10 Å². The van der Waals surface area contributed by atoms with Crippen molar-refractivity contribution in [3.05, 3.63) is 48.6 Å². The number of rotatable bonds is 51. The van der Waals surface area contributed by atoms with Crippen LogP contribution in [0.15, 0.2) is 48.6 Å². The normalized spacial score (nSPS) is 12.4. The number of esters is 3. The molecule has 0 aromatic heterocycles. The molecule has 6 heteroatoms. The average Bonchev–Trinajstić information content (AvgIpc) is 3.30. The maximum Gasteiger partial charge on any atom is 0.306 e. The summed E-state index contributed by atoms with van der Waals surface area (Å²) >= 11 is 0. The summed E-state index contributed by atoms with van der Waals surface area (Å²) in [6.45, 7) is 6.46. The quantitative estimate of drug-likeness (QED) is 0.0262. The number of ether oxygens (including phenoxy) is 3. The summed E-state index contributed by atoms with van der Waals surface area (Å²) in [6.07, 6.45) is 66.0. The summed E-state index contributed by atoms with van der Waals surface area (Å²) in [4.78, 5) is 37.6. The van der Waals surface area contributed by atoms with Crippen LogP contribution in [0.25, 0.3) is 0 Å². The molecule has 6 nitrogen and oxygen atoms in total. The van der Waals surface area contributed by atoms with Gasteiger partial charge in [-0.25, -0.2) is 0 Å². The molecule has 0 amide bonds. The molecule has 0 aliphatic heterocycles. The summed E-state index contributed by atoms with van der Waals surface area (Å²) < 4.78 is 16.7. The highest BCUT2D eigenvalue weighted by atomic mass is 16.6. The SMILES string of the molecule is CC/C=C\C/C=C\C/C=C\C/C=C\CCCCCCCCCCCCCCCCCCCCCCC(=O)OCC(COC(=O)CCCCCCCCC)OC(=O)CCCCCCCCC. The molecule has 0 saturated heterocycles. The van der Waals surface area contributed by atoms with Crippen molar-refractivity contribution < 1.29 is 28.6 Å². The highest BCUT2D eigenvalue weighted by molar-refractivity contribution is 5.71. The zero-order valence-electron chi connectivity index (χ0n) is 43.3. The Morgan fingerprint density at radius 2 is 0.600 bits per heavy atom. The molecule has 0 fully saturated rings. The lowest BCUT2D eigenvalue weighted by Gasteiger charge is -2.18. The molecule has 0 N–H and O–H groups in total. The molecule has 1 atom stereocenters. The molecule has 378 valence electrons. The summed E-state index contributed by atoms with van der Waals surface area (Å²) in [5, 5.41) is 0. The zero-order valence-corrected chi connectivity index (χ0v) is 43.3. The number of allylic oxidation sites excluding steroid dienone is 8. The van der Waals surface area contributed by atoms with Gasteiger partial charge in [0.2, 0.25) is 0 Å². The van der Waals surface area contributed by atoms with Crippen molar-refractivity contribution in [3.63, 3.8) is 0 Å². The van der Waals surface area contributed by atoms with Crippen LogP contribution in [0, 0.1) is 0 Å². The van der Waals surface area contributed by atoms with Crippen LogP contribution in [-0.4, -0.2) is 37.2 Å². The third-order valence-corrected chi connectivity index (χ3v) is 12.3. The molecule has 0 aromatic rings. The molecule has 0 rings (SSSR count). The van der Waals surface area contributed by atoms with Crippen LogP contribution in [0.5, 0.6) is 0 Å². The molecule has 0 bridgehead atoms. The number of carbonyl (C=O) groups is 3.